The minimum Gasteiger partial charge on any atom is -0.272 e. The maximum atomic E-state index is 13.6. The van der Waals surface area contributed by atoms with Crippen LogP contribution in [-0.2, 0) is 14.8 Å². The Kier molecular flexibility index (Phi) is 2.59. The largest absolute Gasteiger partial charge is 0.272 e. The number of halogens is 2. The van der Waals surface area contributed by atoms with Crippen LogP contribution in [0.15, 0.2) is 22.7 Å². The van der Waals surface area contributed by atoms with Crippen LogP contribution in [0.25, 0.3) is 0 Å². The van der Waals surface area contributed by atoms with Crippen molar-refractivity contribution in [1.29, 1.82) is 0 Å². The number of rotatable bonds is 1. The Morgan fingerprint density at radius 2 is 1.94 bits per heavy atom. The van der Waals surface area contributed by atoms with E-state index in [-0.39, 0.29) is 5.69 Å². The molecule has 1 amide bonds. The molecule has 0 unspecified atom stereocenters. The lowest BCUT2D eigenvalue weighted by Crippen LogP contribution is -2.67. The van der Waals surface area contributed by atoms with E-state index in [9.17, 15) is 17.6 Å². The Bertz CT molecular complexity index is 612. The number of anilines is 1. The van der Waals surface area contributed by atoms with Crippen molar-refractivity contribution in [3.8, 4) is 0 Å². The molecule has 1 fully saturated rings. The molecule has 17 heavy (non-hydrogen) atoms. The first-order valence-corrected chi connectivity index (χ1v) is 6.97. The molecular weight excluding hydrogens is 313 g/mol. The van der Waals surface area contributed by atoms with Crippen LogP contribution < -0.4 is 4.31 Å². The maximum absolute atomic E-state index is 13.6. The van der Waals surface area contributed by atoms with E-state index < -0.39 is 26.5 Å². The highest BCUT2D eigenvalue weighted by atomic mass is 79.9. The zero-order valence-corrected chi connectivity index (χ0v) is 11.5. The fourth-order valence-electron chi connectivity index (χ4n) is 1.54. The van der Waals surface area contributed by atoms with Gasteiger partial charge in [0, 0.05) is 4.47 Å². The van der Waals surface area contributed by atoms with Gasteiger partial charge in [-0.3, -0.25) is 4.79 Å². The van der Waals surface area contributed by atoms with Gasteiger partial charge in [0.1, 0.15) is 5.82 Å². The van der Waals surface area contributed by atoms with Gasteiger partial charge in [-0.15, -0.1) is 0 Å². The smallest absolute Gasteiger partial charge is 0.263 e. The van der Waals surface area contributed by atoms with Crippen molar-refractivity contribution in [3.63, 3.8) is 0 Å². The van der Waals surface area contributed by atoms with Crippen molar-refractivity contribution in [2.24, 2.45) is 0 Å². The van der Waals surface area contributed by atoms with E-state index in [2.05, 4.69) is 15.9 Å². The second-order valence-electron chi connectivity index (χ2n) is 4.18. The molecule has 7 heteroatoms. The van der Waals surface area contributed by atoms with Crippen LogP contribution in [0.5, 0.6) is 0 Å². The Labute approximate surface area is 107 Å². The molecule has 0 aromatic heterocycles. The fourth-order valence-corrected chi connectivity index (χ4v) is 3.36. The first-order chi connectivity index (χ1) is 7.69. The average molecular weight is 322 g/mol. The number of carbonyl (C=O) groups is 1. The van der Waals surface area contributed by atoms with Crippen molar-refractivity contribution in [2.75, 3.05) is 4.31 Å². The molecule has 4 nitrogen and oxygen atoms in total. The highest BCUT2D eigenvalue weighted by Crippen LogP contribution is 2.40. The van der Waals surface area contributed by atoms with Crippen LogP contribution in [0.4, 0.5) is 10.1 Å². The van der Waals surface area contributed by atoms with Crippen molar-refractivity contribution >= 4 is 37.5 Å². The van der Waals surface area contributed by atoms with Gasteiger partial charge in [-0.05, 0) is 32.0 Å². The predicted molar refractivity (Wildman–Crippen MR) is 64.6 cm³/mol. The number of amides is 1. The molecule has 0 saturated carbocycles. The summed E-state index contributed by atoms with van der Waals surface area (Å²) in [6, 6.07) is 3.85. The van der Waals surface area contributed by atoms with Gasteiger partial charge in [-0.1, -0.05) is 15.9 Å². The van der Waals surface area contributed by atoms with Crippen LogP contribution in [0, 0.1) is 5.82 Å². The fraction of sp³-hybridized carbons (Fsp3) is 0.300. The normalized spacial score (nSPS) is 21.2. The standard InChI is InChI=1S/C10H9BrFNO3S/c1-10(2)9(14)13(17(10,15)16)8-4-3-6(11)5-7(8)12/h3-5H,1-2H3. The van der Waals surface area contributed by atoms with Gasteiger partial charge >= 0.3 is 0 Å². The molecule has 1 aliphatic rings. The number of hydrogen-bond acceptors (Lipinski definition) is 3. The summed E-state index contributed by atoms with van der Waals surface area (Å²) in [6.07, 6.45) is 0. The minimum atomic E-state index is -3.81. The third-order valence-electron chi connectivity index (χ3n) is 2.71. The van der Waals surface area contributed by atoms with Gasteiger partial charge in [0.05, 0.1) is 5.69 Å². The van der Waals surface area contributed by atoms with Crippen molar-refractivity contribution < 1.29 is 17.6 Å². The van der Waals surface area contributed by atoms with Gasteiger partial charge < -0.3 is 0 Å². The Balaban J connectivity index is 2.55. The van der Waals surface area contributed by atoms with E-state index >= 15 is 0 Å². The van der Waals surface area contributed by atoms with Crippen LogP contribution in [0.3, 0.4) is 0 Å². The number of hydrogen-bond donors (Lipinski definition) is 0. The van der Waals surface area contributed by atoms with E-state index in [1.807, 2.05) is 0 Å². The van der Waals surface area contributed by atoms with E-state index in [0.717, 1.165) is 6.07 Å². The van der Waals surface area contributed by atoms with E-state index in [1.54, 1.807) is 0 Å². The van der Waals surface area contributed by atoms with Gasteiger partial charge in [0.2, 0.25) is 0 Å². The highest BCUT2D eigenvalue weighted by Gasteiger charge is 2.61. The summed E-state index contributed by atoms with van der Waals surface area (Å²) in [5, 5.41) is 0. The van der Waals surface area contributed by atoms with Gasteiger partial charge in [0.25, 0.3) is 15.9 Å². The van der Waals surface area contributed by atoms with E-state index in [0.29, 0.717) is 8.78 Å². The molecule has 0 radical (unpaired) electrons. The molecule has 1 aromatic carbocycles. The zero-order valence-electron chi connectivity index (χ0n) is 9.07. The Hall–Kier alpha value is -0.950. The quantitative estimate of drug-likeness (QED) is 0.795. The number of sulfonamides is 1. The maximum Gasteiger partial charge on any atom is 0.263 e. The summed E-state index contributed by atoms with van der Waals surface area (Å²) in [5.74, 6) is -1.38. The predicted octanol–water partition coefficient (Wildman–Crippen LogP) is 2.04. The summed E-state index contributed by atoms with van der Waals surface area (Å²) < 4.78 is 36.8. The van der Waals surface area contributed by atoms with Crippen molar-refractivity contribution in [1.82, 2.24) is 0 Å². The van der Waals surface area contributed by atoms with Crippen LogP contribution >= 0.6 is 15.9 Å². The first-order valence-electron chi connectivity index (χ1n) is 4.74. The lowest BCUT2D eigenvalue weighted by Gasteiger charge is -2.42. The molecule has 1 saturated heterocycles. The minimum absolute atomic E-state index is 0.238. The second kappa shape index (κ2) is 3.52. The zero-order chi connectivity index (χ0) is 13.0. The third-order valence-corrected chi connectivity index (χ3v) is 5.51. The number of nitrogens with zero attached hydrogens (tertiary/aromatic N) is 1. The molecule has 1 aliphatic heterocycles. The molecule has 0 spiro atoms. The summed E-state index contributed by atoms with van der Waals surface area (Å²) in [7, 11) is -3.81. The average Bonchev–Trinajstić information content (AvgIpc) is 2.21. The van der Waals surface area contributed by atoms with E-state index in [4.69, 9.17) is 0 Å². The Morgan fingerprint density at radius 3 is 2.41 bits per heavy atom. The molecule has 0 N–H and O–H groups in total. The van der Waals surface area contributed by atoms with Crippen molar-refractivity contribution in [3.05, 3.63) is 28.5 Å². The highest BCUT2D eigenvalue weighted by molar-refractivity contribution is 9.10. The van der Waals surface area contributed by atoms with Gasteiger partial charge in [-0.2, -0.15) is 0 Å². The molecule has 0 atom stereocenters. The molecule has 2 rings (SSSR count). The van der Waals surface area contributed by atoms with Gasteiger partial charge in [-0.25, -0.2) is 17.1 Å². The summed E-state index contributed by atoms with van der Waals surface area (Å²) in [4.78, 5) is 11.7. The molecule has 1 aromatic rings. The third kappa shape index (κ3) is 1.52. The summed E-state index contributed by atoms with van der Waals surface area (Å²) in [5.41, 5.74) is -0.238. The van der Waals surface area contributed by atoms with E-state index in [1.165, 1.54) is 26.0 Å². The van der Waals surface area contributed by atoms with Gasteiger partial charge in [0.15, 0.2) is 4.75 Å². The SMILES string of the molecule is CC1(C)C(=O)N(c2ccc(Br)cc2F)S1(=O)=O. The molecular formula is C10H9BrFNO3S. The van der Waals surface area contributed by atoms with Crippen LogP contribution in [-0.4, -0.2) is 19.1 Å². The van der Waals surface area contributed by atoms with Crippen LogP contribution in [0.2, 0.25) is 0 Å². The molecule has 0 aliphatic carbocycles. The van der Waals surface area contributed by atoms with Crippen molar-refractivity contribution in [2.45, 2.75) is 18.6 Å². The molecule has 1 heterocycles. The topological polar surface area (TPSA) is 54.5 Å². The lowest BCUT2D eigenvalue weighted by atomic mass is 10.1. The second-order valence-corrected chi connectivity index (χ2v) is 7.43. The lowest BCUT2D eigenvalue weighted by molar-refractivity contribution is -0.120. The number of benzene rings is 1. The molecule has 92 valence electrons. The van der Waals surface area contributed by atoms with Crippen LogP contribution in [0.1, 0.15) is 13.8 Å². The summed E-state index contributed by atoms with van der Waals surface area (Å²) >= 11 is 3.06. The Morgan fingerprint density at radius 1 is 1.35 bits per heavy atom. The molecule has 0 bridgehead atoms. The summed E-state index contributed by atoms with van der Waals surface area (Å²) in [6.45, 7) is 2.61. The first kappa shape index (κ1) is 12.5. The monoisotopic (exact) mass is 321 g/mol. The number of carbonyl (C=O) groups excluding carboxylic acids is 1.